The number of aromatic amines is 1. The van der Waals surface area contributed by atoms with Crippen LogP contribution in [0.2, 0.25) is 0 Å². The van der Waals surface area contributed by atoms with Crippen molar-refractivity contribution in [1.82, 2.24) is 9.97 Å². The van der Waals surface area contributed by atoms with Crippen molar-refractivity contribution >= 4 is 38.9 Å². The molecule has 1 aromatic carbocycles. The smallest absolute Gasteiger partial charge is 0.269 e. The van der Waals surface area contributed by atoms with Crippen LogP contribution in [0.3, 0.4) is 0 Å². The molecule has 0 bridgehead atoms. The number of nitro groups is 1. The Labute approximate surface area is 185 Å². The van der Waals surface area contributed by atoms with Gasteiger partial charge in [-0.2, -0.15) is 5.26 Å². The fraction of sp³-hybridized carbons (Fsp3) is 0.174. The standard InChI is InChI=1S/C23H16N4O4S/c24-12-14(11-16-9-10-18(31-16)13-5-7-15(8-6-13)27(29)30)21-25-22(28)20-17-3-1-2-4-19(17)32-23(20)26-21/h5-11H,1-4H2,(H,25,26,28). The van der Waals surface area contributed by atoms with Crippen LogP contribution in [0.5, 0.6) is 0 Å². The number of nitrogens with one attached hydrogen (secondary N) is 1. The lowest BCUT2D eigenvalue weighted by molar-refractivity contribution is -0.384. The summed E-state index contributed by atoms with van der Waals surface area (Å²) in [4.78, 5) is 32.3. The van der Waals surface area contributed by atoms with Gasteiger partial charge in [0, 0.05) is 28.6 Å². The third-order valence-electron chi connectivity index (χ3n) is 5.48. The van der Waals surface area contributed by atoms with Gasteiger partial charge >= 0.3 is 0 Å². The molecule has 0 atom stereocenters. The van der Waals surface area contributed by atoms with Crippen LogP contribution in [0.1, 0.15) is 34.9 Å². The second kappa shape index (κ2) is 7.90. The summed E-state index contributed by atoms with van der Waals surface area (Å²) in [6, 6.07) is 11.5. The van der Waals surface area contributed by atoms with Crippen LogP contribution in [0.15, 0.2) is 45.6 Å². The van der Waals surface area contributed by atoms with Gasteiger partial charge in [-0.1, -0.05) is 0 Å². The van der Waals surface area contributed by atoms with Gasteiger partial charge in [-0.05, 0) is 55.5 Å². The molecular formula is C23H16N4O4S. The van der Waals surface area contributed by atoms with Gasteiger partial charge in [0.05, 0.1) is 15.9 Å². The third-order valence-corrected chi connectivity index (χ3v) is 6.66. The lowest BCUT2D eigenvalue weighted by Crippen LogP contribution is -2.12. The summed E-state index contributed by atoms with van der Waals surface area (Å²) < 4.78 is 5.79. The van der Waals surface area contributed by atoms with E-state index in [9.17, 15) is 20.2 Å². The zero-order valence-corrected chi connectivity index (χ0v) is 17.6. The summed E-state index contributed by atoms with van der Waals surface area (Å²) in [5, 5.41) is 21.2. The Morgan fingerprint density at radius 3 is 2.75 bits per heavy atom. The fourth-order valence-corrected chi connectivity index (χ4v) is 5.18. The minimum atomic E-state index is -0.464. The van der Waals surface area contributed by atoms with E-state index in [-0.39, 0.29) is 22.6 Å². The van der Waals surface area contributed by atoms with Gasteiger partial charge < -0.3 is 9.40 Å². The molecule has 0 radical (unpaired) electrons. The predicted molar refractivity (Wildman–Crippen MR) is 121 cm³/mol. The van der Waals surface area contributed by atoms with Gasteiger partial charge in [-0.25, -0.2) is 4.98 Å². The van der Waals surface area contributed by atoms with E-state index in [1.54, 1.807) is 24.3 Å². The number of hydrogen-bond donors (Lipinski definition) is 1. The highest BCUT2D eigenvalue weighted by molar-refractivity contribution is 7.18. The van der Waals surface area contributed by atoms with Crippen molar-refractivity contribution in [3.05, 3.63) is 78.9 Å². The van der Waals surface area contributed by atoms with Crippen molar-refractivity contribution < 1.29 is 9.34 Å². The van der Waals surface area contributed by atoms with E-state index >= 15 is 0 Å². The first-order valence-corrected chi connectivity index (χ1v) is 10.9. The van der Waals surface area contributed by atoms with E-state index in [0.29, 0.717) is 27.3 Å². The molecule has 9 heteroatoms. The van der Waals surface area contributed by atoms with Crippen LogP contribution in [0.4, 0.5) is 5.69 Å². The zero-order chi connectivity index (χ0) is 22.2. The van der Waals surface area contributed by atoms with Gasteiger partial charge in [-0.3, -0.25) is 14.9 Å². The molecule has 1 aliphatic carbocycles. The van der Waals surface area contributed by atoms with Gasteiger partial charge in [-0.15, -0.1) is 11.3 Å². The van der Waals surface area contributed by atoms with E-state index in [1.807, 2.05) is 0 Å². The first-order chi connectivity index (χ1) is 15.5. The van der Waals surface area contributed by atoms with Crippen molar-refractivity contribution in [2.45, 2.75) is 25.7 Å². The number of nitro benzene ring substituents is 1. The van der Waals surface area contributed by atoms with E-state index in [2.05, 4.69) is 16.0 Å². The van der Waals surface area contributed by atoms with Crippen molar-refractivity contribution in [3.8, 4) is 17.4 Å². The molecule has 1 N–H and O–H groups in total. The monoisotopic (exact) mass is 444 g/mol. The number of non-ortho nitro benzene ring substituents is 1. The molecule has 0 saturated carbocycles. The summed E-state index contributed by atoms with van der Waals surface area (Å²) in [7, 11) is 0. The number of nitrogens with zero attached hydrogens (tertiary/aromatic N) is 3. The zero-order valence-electron chi connectivity index (χ0n) is 16.8. The Hall–Kier alpha value is -4.03. The molecule has 0 fully saturated rings. The van der Waals surface area contributed by atoms with Crippen molar-refractivity contribution in [3.63, 3.8) is 0 Å². The normalized spacial score (nSPS) is 13.7. The SMILES string of the molecule is N#CC(=Cc1ccc(-c2ccc([N+](=O)[O-])cc2)o1)c1nc2sc3c(c2c(=O)[nH]1)CCCC3. The molecule has 0 spiro atoms. The predicted octanol–water partition coefficient (Wildman–Crippen LogP) is 5.10. The highest BCUT2D eigenvalue weighted by Gasteiger charge is 2.20. The molecule has 0 aliphatic heterocycles. The number of benzene rings is 1. The van der Waals surface area contributed by atoms with Gasteiger partial charge in [0.25, 0.3) is 11.2 Å². The number of aryl methyl sites for hydroxylation is 2. The number of nitriles is 1. The molecule has 0 unspecified atom stereocenters. The van der Waals surface area contributed by atoms with Gasteiger partial charge in [0.15, 0.2) is 5.82 Å². The second-order valence-corrected chi connectivity index (χ2v) is 8.57. The molecule has 3 aromatic heterocycles. The van der Waals surface area contributed by atoms with Gasteiger partial charge in [0.1, 0.15) is 22.4 Å². The summed E-state index contributed by atoms with van der Waals surface area (Å²) >= 11 is 1.53. The van der Waals surface area contributed by atoms with Gasteiger partial charge in [0.2, 0.25) is 0 Å². The quantitative estimate of drug-likeness (QED) is 0.265. The summed E-state index contributed by atoms with van der Waals surface area (Å²) in [5.41, 5.74) is 1.72. The Kier molecular flexibility index (Phi) is 4.92. The molecule has 158 valence electrons. The number of aromatic nitrogens is 2. The summed E-state index contributed by atoms with van der Waals surface area (Å²) in [6.07, 6.45) is 5.55. The van der Waals surface area contributed by atoms with E-state index < -0.39 is 4.92 Å². The molecule has 5 rings (SSSR count). The maximum absolute atomic E-state index is 12.8. The molecule has 4 aromatic rings. The number of rotatable bonds is 4. The Morgan fingerprint density at radius 1 is 1.22 bits per heavy atom. The van der Waals surface area contributed by atoms with E-state index in [4.69, 9.17) is 4.42 Å². The average molecular weight is 444 g/mol. The maximum Gasteiger partial charge on any atom is 0.269 e. The summed E-state index contributed by atoms with van der Waals surface area (Å²) in [6.45, 7) is 0. The summed E-state index contributed by atoms with van der Waals surface area (Å²) in [5.74, 6) is 1.12. The molecule has 3 heterocycles. The van der Waals surface area contributed by atoms with Crippen LogP contribution < -0.4 is 5.56 Å². The van der Waals surface area contributed by atoms with Crippen molar-refractivity contribution in [2.75, 3.05) is 0 Å². The number of furan rings is 1. The number of thiophene rings is 1. The minimum absolute atomic E-state index is 0.00660. The molecular weight excluding hydrogens is 428 g/mol. The van der Waals surface area contributed by atoms with E-state index in [0.717, 1.165) is 31.2 Å². The average Bonchev–Trinajstić information content (AvgIpc) is 3.42. The fourth-order valence-electron chi connectivity index (χ4n) is 3.92. The highest BCUT2D eigenvalue weighted by Crippen LogP contribution is 2.34. The Balaban J connectivity index is 1.50. The molecule has 32 heavy (non-hydrogen) atoms. The lowest BCUT2D eigenvalue weighted by Gasteiger charge is -2.09. The van der Waals surface area contributed by atoms with Crippen LogP contribution in [0.25, 0.3) is 33.2 Å². The second-order valence-electron chi connectivity index (χ2n) is 7.48. The number of H-pyrrole nitrogens is 1. The molecule has 1 aliphatic rings. The Bertz CT molecular complexity index is 1490. The number of hydrogen-bond acceptors (Lipinski definition) is 7. The van der Waals surface area contributed by atoms with Crippen molar-refractivity contribution in [1.29, 1.82) is 5.26 Å². The topological polar surface area (TPSA) is 126 Å². The lowest BCUT2D eigenvalue weighted by atomic mass is 9.97. The number of fused-ring (bicyclic) bond motifs is 3. The molecule has 8 nitrogen and oxygen atoms in total. The number of allylic oxidation sites excluding steroid dienone is 1. The largest absolute Gasteiger partial charge is 0.457 e. The molecule has 0 saturated heterocycles. The minimum Gasteiger partial charge on any atom is -0.457 e. The first-order valence-electron chi connectivity index (χ1n) is 10.0. The van der Waals surface area contributed by atoms with Crippen LogP contribution >= 0.6 is 11.3 Å². The van der Waals surface area contributed by atoms with Crippen LogP contribution in [-0.4, -0.2) is 14.9 Å². The third kappa shape index (κ3) is 3.50. The first kappa shape index (κ1) is 19.9. The Morgan fingerprint density at radius 2 is 2.00 bits per heavy atom. The van der Waals surface area contributed by atoms with Crippen LogP contribution in [0, 0.1) is 21.4 Å². The van der Waals surface area contributed by atoms with Crippen LogP contribution in [-0.2, 0) is 12.8 Å². The van der Waals surface area contributed by atoms with Crippen molar-refractivity contribution in [2.24, 2.45) is 0 Å². The van der Waals surface area contributed by atoms with E-state index in [1.165, 1.54) is 34.4 Å². The highest BCUT2D eigenvalue weighted by atomic mass is 32.1. The maximum atomic E-state index is 12.8. The molecule has 0 amide bonds.